The molecule has 1 saturated heterocycles. The number of nitrogens with zero attached hydrogens (tertiary/aromatic N) is 2. The van der Waals surface area contributed by atoms with Crippen LogP contribution in [0.25, 0.3) is 0 Å². The number of alkyl halides is 2. The van der Waals surface area contributed by atoms with Gasteiger partial charge in [-0.05, 0) is 30.9 Å². The molecule has 0 bridgehead atoms. The smallest absolute Gasteiger partial charge is 0.387 e. The maximum absolute atomic E-state index is 12.7. The van der Waals surface area contributed by atoms with Crippen molar-refractivity contribution in [3.63, 3.8) is 0 Å². The van der Waals surface area contributed by atoms with Crippen LogP contribution in [0.5, 0.6) is 5.75 Å². The normalized spacial score (nSPS) is 18.2. The Bertz CT molecular complexity index is 684. The van der Waals surface area contributed by atoms with Crippen molar-refractivity contribution in [3.8, 4) is 5.75 Å². The third kappa shape index (κ3) is 6.15. The molecule has 1 aromatic carbocycles. The van der Waals surface area contributed by atoms with Gasteiger partial charge in [0.15, 0.2) is 0 Å². The van der Waals surface area contributed by atoms with Crippen LogP contribution in [-0.2, 0) is 4.79 Å². The van der Waals surface area contributed by atoms with E-state index in [2.05, 4.69) is 4.74 Å². The van der Waals surface area contributed by atoms with E-state index < -0.39 is 6.61 Å². The van der Waals surface area contributed by atoms with Crippen molar-refractivity contribution in [3.05, 3.63) is 29.8 Å². The Morgan fingerprint density at radius 1 is 1.00 bits per heavy atom. The molecule has 160 valence electrons. The SMILES string of the molecule is O=C(CCCC1CCCCC1)N1CCN(C(=O)c2ccccc2OC(F)F)CC1. The topological polar surface area (TPSA) is 49.9 Å². The molecule has 0 atom stereocenters. The van der Waals surface area contributed by atoms with Crippen LogP contribution in [0.4, 0.5) is 8.78 Å². The van der Waals surface area contributed by atoms with Crippen molar-refractivity contribution in [1.29, 1.82) is 0 Å². The average molecular weight is 408 g/mol. The predicted molar refractivity (Wildman–Crippen MR) is 106 cm³/mol. The summed E-state index contributed by atoms with van der Waals surface area (Å²) in [5, 5.41) is 0. The van der Waals surface area contributed by atoms with E-state index in [4.69, 9.17) is 0 Å². The highest BCUT2D eigenvalue weighted by atomic mass is 19.3. The van der Waals surface area contributed by atoms with E-state index in [0.717, 1.165) is 18.8 Å². The Morgan fingerprint density at radius 3 is 2.34 bits per heavy atom. The number of benzene rings is 1. The number of piperazine rings is 1. The molecule has 7 heteroatoms. The Labute approximate surface area is 171 Å². The highest BCUT2D eigenvalue weighted by molar-refractivity contribution is 5.97. The number of hydrogen-bond acceptors (Lipinski definition) is 3. The number of amides is 2. The lowest BCUT2D eigenvalue weighted by Crippen LogP contribution is -2.50. The van der Waals surface area contributed by atoms with Gasteiger partial charge in [-0.3, -0.25) is 9.59 Å². The minimum atomic E-state index is -2.98. The van der Waals surface area contributed by atoms with Crippen LogP contribution in [0.3, 0.4) is 0 Å². The first-order valence-corrected chi connectivity index (χ1v) is 10.7. The van der Waals surface area contributed by atoms with E-state index >= 15 is 0 Å². The predicted octanol–water partition coefficient (Wildman–Crippen LogP) is 4.32. The van der Waals surface area contributed by atoms with Crippen molar-refractivity contribution in [2.45, 2.75) is 58.0 Å². The molecule has 1 heterocycles. The molecule has 3 rings (SSSR count). The van der Waals surface area contributed by atoms with Crippen LogP contribution in [-0.4, -0.2) is 54.4 Å². The zero-order chi connectivity index (χ0) is 20.6. The minimum absolute atomic E-state index is 0.117. The third-order valence-corrected chi connectivity index (χ3v) is 5.98. The molecule has 0 spiro atoms. The Kier molecular flexibility index (Phi) is 7.83. The minimum Gasteiger partial charge on any atom is -0.434 e. The van der Waals surface area contributed by atoms with Gasteiger partial charge in [-0.1, -0.05) is 44.2 Å². The van der Waals surface area contributed by atoms with Crippen molar-refractivity contribution in [1.82, 2.24) is 9.80 Å². The number of para-hydroxylation sites is 1. The lowest BCUT2D eigenvalue weighted by Gasteiger charge is -2.35. The quantitative estimate of drug-likeness (QED) is 0.675. The summed E-state index contributed by atoms with van der Waals surface area (Å²) in [6.45, 7) is -1.23. The summed E-state index contributed by atoms with van der Waals surface area (Å²) in [4.78, 5) is 28.6. The van der Waals surface area contributed by atoms with Crippen LogP contribution in [0.1, 0.15) is 61.7 Å². The van der Waals surface area contributed by atoms with Gasteiger partial charge in [-0.2, -0.15) is 8.78 Å². The summed E-state index contributed by atoms with van der Waals surface area (Å²) in [6, 6.07) is 6.03. The van der Waals surface area contributed by atoms with Crippen molar-refractivity contribution in [2.75, 3.05) is 26.2 Å². The summed E-state index contributed by atoms with van der Waals surface area (Å²) < 4.78 is 29.6. The first-order chi connectivity index (χ1) is 14.0. The van der Waals surface area contributed by atoms with E-state index in [1.807, 2.05) is 4.90 Å². The van der Waals surface area contributed by atoms with Crippen molar-refractivity contribution in [2.24, 2.45) is 5.92 Å². The molecule has 1 saturated carbocycles. The summed E-state index contributed by atoms with van der Waals surface area (Å²) in [7, 11) is 0. The molecule has 0 radical (unpaired) electrons. The third-order valence-electron chi connectivity index (χ3n) is 5.98. The number of rotatable bonds is 7. The number of ether oxygens (including phenoxy) is 1. The van der Waals surface area contributed by atoms with Gasteiger partial charge in [-0.15, -0.1) is 0 Å². The van der Waals surface area contributed by atoms with Crippen LogP contribution in [0.2, 0.25) is 0 Å². The Balaban J connectivity index is 1.45. The lowest BCUT2D eigenvalue weighted by atomic mass is 9.86. The zero-order valence-electron chi connectivity index (χ0n) is 16.8. The van der Waals surface area contributed by atoms with Crippen molar-refractivity contribution < 1.29 is 23.1 Å². The Morgan fingerprint density at radius 2 is 1.66 bits per heavy atom. The molecule has 0 unspecified atom stereocenters. The van der Waals surface area contributed by atoms with Gasteiger partial charge in [-0.25, -0.2) is 0 Å². The maximum atomic E-state index is 12.7. The average Bonchev–Trinajstić information content (AvgIpc) is 2.74. The first kappa shape index (κ1) is 21.5. The second kappa shape index (κ2) is 10.6. The molecule has 2 fully saturated rings. The van der Waals surface area contributed by atoms with Gasteiger partial charge in [0.05, 0.1) is 5.56 Å². The standard InChI is InChI=1S/C22H30F2N2O3/c23-22(24)29-19-11-5-4-10-18(19)21(28)26-15-13-25(14-16-26)20(27)12-6-9-17-7-2-1-3-8-17/h4-5,10-11,17,22H,1-3,6-9,12-16H2. The molecule has 5 nitrogen and oxygen atoms in total. The van der Waals surface area contributed by atoms with Gasteiger partial charge >= 0.3 is 6.61 Å². The molecule has 0 N–H and O–H groups in total. The number of hydrogen-bond donors (Lipinski definition) is 0. The van der Waals surface area contributed by atoms with Crippen LogP contribution < -0.4 is 4.74 Å². The fourth-order valence-corrected chi connectivity index (χ4v) is 4.35. The highest BCUT2D eigenvalue weighted by Crippen LogP contribution is 2.28. The number of halogens is 2. The number of carbonyl (C=O) groups excluding carboxylic acids is 2. The molecular formula is C22H30F2N2O3. The molecule has 29 heavy (non-hydrogen) atoms. The summed E-state index contributed by atoms with van der Waals surface area (Å²) in [5.41, 5.74) is 0.125. The molecular weight excluding hydrogens is 378 g/mol. The van der Waals surface area contributed by atoms with Crippen LogP contribution >= 0.6 is 0 Å². The Hall–Kier alpha value is -2.18. The monoisotopic (exact) mass is 408 g/mol. The van der Waals surface area contributed by atoms with Crippen molar-refractivity contribution >= 4 is 11.8 Å². The first-order valence-electron chi connectivity index (χ1n) is 10.7. The van der Waals surface area contributed by atoms with Gasteiger partial charge in [0.2, 0.25) is 5.91 Å². The van der Waals surface area contributed by atoms with Crippen LogP contribution in [0.15, 0.2) is 24.3 Å². The summed E-state index contributed by atoms with van der Waals surface area (Å²) in [6.07, 6.45) is 9.20. The van der Waals surface area contributed by atoms with Crippen LogP contribution in [0, 0.1) is 5.92 Å². The molecule has 1 aliphatic carbocycles. The van der Waals surface area contributed by atoms with E-state index in [-0.39, 0.29) is 23.1 Å². The van der Waals surface area contributed by atoms with E-state index in [9.17, 15) is 18.4 Å². The molecule has 1 aliphatic heterocycles. The second-order valence-corrected chi connectivity index (χ2v) is 7.94. The van der Waals surface area contributed by atoms with Gasteiger partial charge < -0.3 is 14.5 Å². The second-order valence-electron chi connectivity index (χ2n) is 7.94. The molecule has 2 amide bonds. The molecule has 2 aliphatic rings. The summed E-state index contributed by atoms with van der Waals surface area (Å²) in [5.74, 6) is 0.468. The summed E-state index contributed by atoms with van der Waals surface area (Å²) >= 11 is 0. The fraction of sp³-hybridized carbons (Fsp3) is 0.636. The van der Waals surface area contributed by atoms with Gasteiger partial charge in [0.25, 0.3) is 5.91 Å². The molecule has 1 aromatic rings. The van der Waals surface area contributed by atoms with E-state index in [1.54, 1.807) is 17.0 Å². The van der Waals surface area contributed by atoms with E-state index in [1.165, 1.54) is 44.2 Å². The van der Waals surface area contributed by atoms with E-state index in [0.29, 0.717) is 32.6 Å². The largest absolute Gasteiger partial charge is 0.434 e. The number of carbonyl (C=O) groups is 2. The lowest BCUT2D eigenvalue weighted by molar-refractivity contribution is -0.132. The molecule has 0 aromatic heterocycles. The zero-order valence-corrected chi connectivity index (χ0v) is 16.8. The fourth-order valence-electron chi connectivity index (χ4n) is 4.35. The van der Waals surface area contributed by atoms with Gasteiger partial charge in [0, 0.05) is 32.6 Å². The maximum Gasteiger partial charge on any atom is 0.387 e. The highest BCUT2D eigenvalue weighted by Gasteiger charge is 2.27. The van der Waals surface area contributed by atoms with Gasteiger partial charge in [0.1, 0.15) is 5.75 Å².